The Kier molecular flexibility index (Phi) is 8.79. The van der Waals surface area contributed by atoms with Gasteiger partial charge in [0.25, 0.3) is 0 Å². The molecule has 0 saturated carbocycles. The lowest BCUT2D eigenvalue weighted by atomic mass is 9.73. The molecule has 1 aromatic heterocycles. The number of carbonyl (C=O) groups is 2. The van der Waals surface area contributed by atoms with Crippen LogP contribution in [0.2, 0.25) is 0 Å². The molecule has 0 aliphatic carbocycles. The summed E-state index contributed by atoms with van der Waals surface area (Å²) in [4.78, 5) is 30.6. The highest BCUT2D eigenvalue weighted by Crippen LogP contribution is 2.45. The lowest BCUT2D eigenvalue weighted by Crippen LogP contribution is -2.45. The fraction of sp³-hybridized carbons (Fsp3) is 0.690. The molecule has 200 valence electrons. The molecule has 0 spiro atoms. The van der Waals surface area contributed by atoms with Gasteiger partial charge in [0.1, 0.15) is 11.9 Å². The first kappa shape index (κ1) is 28.5. The number of esters is 1. The predicted molar refractivity (Wildman–Crippen MR) is 138 cm³/mol. The highest BCUT2D eigenvalue weighted by atomic mass is 16.6. The Hall–Kier alpha value is -2.09. The van der Waals surface area contributed by atoms with Gasteiger partial charge in [-0.3, -0.25) is 14.6 Å². The van der Waals surface area contributed by atoms with Gasteiger partial charge in [0.05, 0.1) is 41.4 Å². The van der Waals surface area contributed by atoms with Gasteiger partial charge < -0.3 is 19.7 Å². The zero-order chi connectivity index (χ0) is 26.8. The van der Waals surface area contributed by atoms with Gasteiger partial charge in [0.2, 0.25) is 0 Å². The van der Waals surface area contributed by atoms with Gasteiger partial charge in [-0.1, -0.05) is 40.2 Å². The number of Topliss-reactive ketones (excluding diaryl/α,β-unsaturated/α-hetero) is 1. The second-order valence-electron chi connectivity index (χ2n) is 11.7. The molecule has 36 heavy (non-hydrogen) atoms. The van der Waals surface area contributed by atoms with E-state index in [-0.39, 0.29) is 29.8 Å². The Balaban J connectivity index is 1.86. The third kappa shape index (κ3) is 6.61. The van der Waals surface area contributed by atoms with Crippen LogP contribution in [0.5, 0.6) is 0 Å². The van der Waals surface area contributed by atoms with Crippen LogP contribution in [0.1, 0.15) is 84.9 Å². The number of ketones is 1. The molecule has 2 N–H and O–H groups in total. The minimum absolute atomic E-state index is 0.0559. The number of rotatable bonds is 2. The number of carbonyl (C=O) groups excluding carboxylic acids is 2. The largest absolute Gasteiger partial charge is 0.458 e. The number of hydrogen-bond donors (Lipinski definition) is 2. The van der Waals surface area contributed by atoms with Crippen molar-refractivity contribution in [2.24, 2.45) is 17.3 Å². The number of aryl methyl sites for hydroxylation is 1. The van der Waals surface area contributed by atoms with E-state index in [4.69, 9.17) is 9.47 Å². The zero-order valence-corrected chi connectivity index (χ0v) is 22.8. The van der Waals surface area contributed by atoms with Crippen LogP contribution in [-0.2, 0) is 19.1 Å². The van der Waals surface area contributed by atoms with E-state index in [1.165, 1.54) is 0 Å². The molecule has 0 aromatic carbocycles. The van der Waals surface area contributed by atoms with E-state index < -0.39 is 35.6 Å². The van der Waals surface area contributed by atoms with Crippen molar-refractivity contribution in [3.63, 3.8) is 0 Å². The highest BCUT2D eigenvalue weighted by molar-refractivity contribution is 5.88. The first-order chi connectivity index (χ1) is 16.7. The summed E-state index contributed by atoms with van der Waals surface area (Å²) >= 11 is 0. The molecule has 2 fully saturated rings. The molecule has 0 radical (unpaired) electrons. The van der Waals surface area contributed by atoms with Crippen LogP contribution in [-0.4, -0.2) is 57.0 Å². The van der Waals surface area contributed by atoms with Crippen LogP contribution < -0.4 is 0 Å². The monoisotopic (exact) mass is 501 g/mol. The summed E-state index contributed by atoms with van der Waals surface area (Å²) in [5, 5.41) is 21.7. The molecular formula is C29H43NO6. The second kappa shape index (κ2) is 11.1. The third-order valence-corrected chi connectivity index (χ3v) is 8.22. The standard InChI is InChI=1S/C29H43NO6/c1-17-10-11-21(30-16-17)13-19(3)22-14-24-29(7,36-24)12-8-9-18(2)26(33)20(4)27(34)28(5,6)23(31)15-25(32)35-22/h10-11,13,16,18,20,22-24,26,31,33H,8-9,12,14-15H2,1-7H3/b19-13+/t18-,20+,22-,23-,24-,26-,29+/m0/s1. The first-order valence-electron chi connectivity index (χ1n) is 13.1. The van der Waals surface area contributed by atoms with Crippen LogP contribution in [0, 0.1) is 24.2 Å². The van der Waals surface area contributed by atoms with Crippen molar-refractivity contribution in [1.82, 2.24) is 4.98 Å². The van der Waals surface area contributed by atoms with Crippen molar-refractivity contribution >= 4 is 17.8 Å². The molecule has 7 atom stereocenters. The SMILES string of the molecule is C/C(=C\c1ccc(C)cn1)[C@@H]1C[C@@H]2O[C@]2(C)CCC[C@H](C)[C@H](O)[C@@H](C)C(=O)C(C)(C)[C@@H](O)CC(=O)O1. The smallest absolute Gasteiger partial charge is 0.309 e. The number of ether oxygens (including phenoxy) is 2. The summed E-state index contributed by atoms with van der Waals surface area (Å²) in [5.74, 6) is -1.57. The van der Waals surface area contributed by atoms with Crippen molar-refractivity contribution in [2.75, 3.05) is 0 Å². The third-order valence-electron chi connectivity index (χ3n) is 8.22. The molecule has 0 unspecified atom stereocenters. The van der Waals surface area contributed by atoms with Gasteiger partial charge in [-0.25, -0.2) is 0 Å². The van der Waals surface area contributed by atoms with Gasteiger partial charge in [0.15, 0.2) is 0 Å². The van der Waals surface area contributed by atoms with Crippen molar-refractivity contribution in [1.29, 1.82) is 0 Å². The van der Waals surface area contributed by atoms with Crippen LogP contribution in [0.25, 0.3) is 6.08 Å². The van der Waals surface area contributed by atoms with Crippen LogP contribution in [0.3, 0.4) is 0 Å². The molecule has 3 heterocycles. The average molecular weight is 502 g/mol. The minimum Gasteiger partial charge on any atom is -0.458 e. The van der Waals surface area contributed by atoms with E-state index in [9.17, 15) is 19.8 Å². The normalized spacial score (nSPS) is 36.6. The molecule has 7 heteroatoms. The van der Waals surface area contributed by atoms with Crippen LogP contribution >= 0.6 is 0 Å². The average Bonchev–Trinajstić information content (AvgIpc) is 3.46. The van der Waals surface area contributed by atoms with Crippen molar-refractivity contribution in [3.8, 4) is 0 Å². The van der Waals surface area contributed by atoms with E-state index in [0.29, 0.717) is 6.42 Å². The Labute approximate surface area is 215 Å². The summed E-state index contributed by atoms with van der Waals surface area (Å²) in [5.41, 5.74) is 1.16. The summed E-state index contributed by atoms with van der Waals surface area (Å²) in [7, 11) is 0. The molecule has 7 nitrogen and oxygen atoms in total. The van der Waals surface area contributed by atoms with Gasteiger partial charge in [-0.15, -0.1) is 0 Å². The number of aliphatic hydroxyl groups excluding tert-OH is 2. The number of epoxide rings is 1. The zero-order valence-electron chi connectivity index (χ0n) is 22.8. The van der Waals surface area contributed by atoms with Gasteiger partial charge in [-0.05, 0) is 62.8 Å². The number of cyclic esters (lactones) is 1. The van der Waals surface area contributed by atoms with Gasteiger partial charge in [0, 0.05) is 18.5 Å². The number of nitrogens with zero attached hydrogens (tertiary/aromatic N) is 1. The summed E-state index contributed by atoms with van der Waals surface area (Å²) in [6, 6.07) is 3.90. The topological polar surface area (TPSA) is 109 Å². The maximum absolute atomic E-state index is 13.2. The van der Waals surface area contributed by atoms with Crippen molar-refractivity contribution in [2.45, 2.75) is 111 Å². The van der Waals surface area contributed by atoms with Crippen molar-refractivity contribution < 1.29 is 29.3 Å². The summed E-state index contributed by atoms with van der Waals surface area (Å²) in [6.45, 7) is 12.9. The van der Waals surface area contributed by atoms with Crippen LogP contribution in [0.4, 0.5) is 0 Å². The van der Waals surface area contributed by atoms with Crippen molar-refractivity contribution in [3.05, 3.63) is 35.2 Å². The van der Waals surface area contributed by atoms with Crippen LogP contribution in [0.15, 0.2) is 23.9 Å². The number of aromatic nitrogens is 1. The molecule has 1 aromatic rings. The number of fused-ring (bicyclic) bond motifs is 1. The minimum atomic E-state index is -1.23. The Morgan fingerprint density at radius 3 is 2.50 bits per heavy atom. The maximum atomic E-state index is 13.2. The van der Waals surface area contributed by atoms with E-state index in [0.717, 1.165) is 36.1 Å². The molecule has 0 bridgehead atoms. The number of hydrogen-bond acceptors (Lipinski definition) is 7. The quantitative estimate of drug-likeness (QED) is 0.456. The number of pyridine rings is 1. The lowest BCUT2D eigenvalue weighted by Gasteiger charge is -2.34. The lowest BCUT2D eigenvalue weighted by molar-refractivity contribution is -0.154. The molecule has 2 saturated heterocycles. The summed E-state index contributed by atoms with van der Waals surface area (Å²) < 4.78 is 11.9. The van der Waals surface area contributed by atoms with E-state index in [2.05, 4.69) is 11.9 Å². The fourth-order valence-electron chi connectivity index (χ4n) is 5.19. The molecule has 3 rings (SSSR count). The van der Waals surface area contributed by atoms with Gasteiger partial charge in [-0.2, -0.15) is 0 Å². The Bertz CT molecular complexity index is 970. The second-order valence-corrected chi connectivity index (χ2v) is 11.7. The Morgan fingerprint density at radius 1 is 1.17 bits per heavy atom. The van der Waals surface area contributed by atoms with Gasteiger partial charge >= 0.3 is 5.97 Å². The number of aliphatic hydroxyl groups is 2. The first-order valence-corrected chi connectivity index (χ1v) is 13.1. The highest BCUT2D eigenvalue weighted by Gasteiger charge is 2.53. The fourth-order valence-corrected chi connectivity index (χ4v) is 5.19. The summed E-state index contributed by atoms with van der Waals surface area (Å²) in [6.07, 6.45) is 3.69. The van der Waals surface area contributed by atoms with E-state index in [1.54, 1.807) is 27.0 Å². The van der Waals surface area contributed by atoms with E-state index in [1.807, 2.05) is 39.0 Å². The molecular weight excluding hydrogens is 458 g/mol. The molecule has 2 aliphatic rings. The molecule has 2 aliphatic heterocycles. The predicted octanol–water partition coefficient (Wildman–Crippen LogP) is 4.42. The van der Waals surface area contributed by atoms with E-state index >= 15 is 0 Å². The Morgan fingerprint density at radius 2 is 1.86 bits per heavy atom. The maximum Gasteiger partial charge on any atom is 0.309 e. The molecule has 0 amide bonds.